The van der Waals surface area contributed by atoms with E-state index in [1.807, 2.05) is 84.9 Å². The molecule has 330 valence electrons. The van der Waals surface area contributed by atoms with Crippen molar-refractivity contribution in [3.63, 3.8) is 0 Å². The number of hydrogen-bond donors (Lipinski definition) is 0. The normalized spacial score (nSPS) is 17.6. The molecule has 0 atom stereocenters. The molecule has 0 aliphatic rings. The van der Waals surface area contributed by atoms with Crippen molar-refractivity contribution in [2.75, 3.05) is 0 Å². The Morgan fingerprint density at radius 1 is 0.268 bits per heavy atom. The minimum absolute atomic E-state index is 0.219. The summed E-state index contributed by atoms with van der Waals surface area (Å²) >= 11 is 0. The van der Waals surface area contributed by atoms with E-state index >= 15 is 0 Å². The Morgan fingerprint density at radius 3 is 1.42 bits per heavy atom. The van der Waals surface area contributed by atoms with Gasteiger partial charge in [0.2, 0.25) is 0 Å². The Labute approximate surface area is 453 Å². The van der Waals surface area contributed by atoms with Gasteiger partial charge in [-0.15, -0.1) is 0 Å². The second-order valence-electron chi connectivity index (χ2n) is 16.3. The molecule has 15 rings (SSSR count). The van der Waals surface area contributed by atoms with Crippen LogP contribution in [0.2, 0.25) is 0 Å². The Kier molecular flexibility index (Phi) is 4.89. The molecule has 71 heavy (non-hydrogen) atoms. The third-order valence-electron chi connectivity index (χ3n) is 12.6. The summed E-state index contributed by atoms with van der Waals surface area (Å²) < 4.78 is 271. The summed E-state index contributed by atoms with van der Waals surface area (Å²) in [4.78, 5) is 0. The number of benzene rings is 14. The first-order chi connectivity index (χ1) is 47.7. The van der Waals surface area contributed by atoms with Crippen molar-refractivity contribution in [2.45, 2.75) is 0 Å². The highest BCUT2D eigenvalue weighted by Crippen LogP contribution is 2.49. The highest BCUT2D eigenvalue weighted by atomic mass is 16.3. The molecule has 0 spiro atoms. The number of furan rings is 1. The van der Waals surface area contributed by atoms with Crippen LogP contribution in [-0.4, -0.2) is 0 Å². The molecule has 0 aliphatic heterocycles. The predicted molar refractivity (Wildman–Crippen MR) is 304 cm³/mol. The van der Waals surface area contributed by atoms with Gasteiger partial charge in [-0.25, -0.2) is 0 Å². The average Bonchev–Trinajstić information content (AvgIpc) is 1.66. The molecule has 14 aromatic carbocycles. The molecule has 0 unspecified atom stereocenters. The molecule has 0 N–H and O–H groups in total. The monoisotopic (exact) mass is 931 g/mol. The van der Waals surface area contributed by atoms with Crippen LogP contribution in [-0.2, 0) is 0 Å². The molecular weight excluding hydrogens is 857 g/mol. The first kappa shape index (κ1) is 20.7. The number of fused-ring (bicyclic) bond motifs is 11. The van der Waals surface area contributed by atoms with Crippen LogP contribution in [0.5, 0.6) is 0 Å². The molecule has 0 amide bonds. The Hall–Kier alpha value is -9.30. The topological polar surface area (TPSA) is 13.1 Å². The van der Waals surface area contributed by atoms with E-state index in [2.05, 4.69) is 0 Å². The van der Waals surface area contributed by atoms with Gasteiger partial charge in [0.15, 0.2) is 0 Å². The number of rotatable bonds is 4. The van der Waals surface area contributed by atoms with Crippen LogP contribution < -0.4 is 0 Å². The van der Waals surface area contributed by atoms with Gasteiger partial charge in [-0.2, -0.15) is 0 Å². The maximum Gasteiger partial charge on any atom is 0.143 e. The van der Waals surface area contributed by atoms with E-state index in [1.165, 1.54) is 0 Å². The van der Waals surface area contributed by atoms with Gasteiger partial charge in [0.1, 0.15) is 11.2 Å². The van der Waals surface area contributed by atoms with Crippen LogP contribution in [0, 0.1) is 0 Å². The second-order valence-corrected chi connectivity index (χ2v) is 16.3. The van der Waals surface area contributed by atoms with Crippen LogP contribution in [0.4, 0.5) is 0 Å². The lowest BCUT2D eigenvalue weighted by Gasteiger charge is -2.19. The lowest BCUT2D eigenvalue weighted by Crippen LogP contribution is -1.91. The molecule has 1 heteroatoms. The van der Waals surface area contributed by atoms with Crippen molar-refractivity contribution in [3.8, 4) is 44.5 Å². The van der Waals surface area contributed by atoms with Gasteiger partial charge in [0, 0.05) is 16.2 Å². The fourth-order valence-electron chi connectivity index (χ4n) is 9.63. The van der Waals surface area contributed by atoms with E-state index in [4.69, 9.17) is 38.7 Å². The zero-order chi connectivity index (χ0) is 72.9. The summed E-state index contributed by atoms with van der Waals surface area (Å²) in [5.41, 5.74) is -1.58. The number of hydrogen-bond acceptors (Lipinski definition) is 1. The summed E-state index contributed by atoms with van der Waals surface area (Å²) in [7, 11) is 0. The third kappa shape index (κ3) is 6.62. The van der Waals surface area contributed by atoms with Crippen molar-refractivity contribution < 1.29 is 45.5 Å². The van der Waals surface area contributed by atoms with Gasteiger partial charge in [-0.1, -0.05) is 248 Å². The molecule has 0 bridgehead atoms. The van der Waals surface area contributed by atoms with E-state index in [-0.39, 0.29) is 45.7 Å². The summed E-state index contributed by atoms with van der Waals surface area (Å²) in [6.07, 6.45) is 0. The van der Waals surface area contributed by atoms with Crippen LogP contribution in [0.3, 0.4) is 0 Å². The van der Waals surface area contributed by atoms with E-state index in [9.17, 15) is 6.85 Å². The quantitative estimate of drug-likeness (QED) is 0.160. The largest absolute Gasteiger partial charge is 0.455 e. The Balaban J connectivity index is 0.000000181. The highest BCUT2D eigenvalue weighted by molar-refractivity contribution is 6.27. The van der Waals surface area contributed by atoms with Gasteiger partial charge in [-0.3, -0.25) is 0 Å². The lowest BCUT2D eigenvalue weighted by molar-refractivity contribution is 0.673. The second kappa shape index (κ2) is 16.7. The molecule has 0 saturated carbocycles. The minimum atomic E-state index is -0.907. The third-order valence-corrected chi connectivity index (χ3v) is 12.6. The Bertz CT molecular complexity index is 6200. The van der Waals surface area contributed by atoms with Crippen LogP contribution >= 0.6 is 0 Å². The van der Waals surface area contributed by atoms with Crippen molar-refractivity contribution in [1.29, 1.82) is 0 Å². The molecule has 1 heterocycles. The van der Waals surface area contributed by atoms with E-state index in [1.54, 1.807) is 0 Å². The van der Waals surface area contributed by atoms with Crippen LogP contribution in [0.15, 0.2) is 271 Å². The van der Waals surface area contributed by atoms with Gasteiger partial charge < -0.3 is 4.42 Å². The fraction of sp³-hybridized carbons (Fsp3) is 0. The van der Waals surface area contributed by atoms with Gasteiger partial charge in [-0.05, 0) is 133 Å². The molecule has 0 aliphatic carbocycles. The molecule has 0 fully saturated rings. The zero-order valence-corrected chi connectivity index (χ0v) is 36.5. The van der Waals surface area contributed by atoms with Crippen molar-refractivity contribution in [3.05, 3.63) is 266 Å². The average molecular weight is 931 g/mol. The molecule has 1 nitrogen and oxygen atoms in total. The van der Waals surface area contributed by atoms with Crippen molar-refractivity contribution in [2.24, 2.45) is 0 Å². The van der Waals surface area contributed by atoms with Crippen molar-refractivity contribution in [1.82, 2.24) is 0 Å². The molecular formula is C70H44O. The van der Waals surface area contributed by atoms with Gasteiger partial charge >= 0.3 is 0 Å². The van der Waals surface area contributed by atoms with E-state index < -0.39 is 234 Å². The minimum Gasteiger partial charge on any atom is -0.455 e. The maximum absolute atomic E-state index is 9.36. The smallest absolute Gasteiger partial charge is 0.143 e. The summed E-state index contributed by atoms with van der Waals surface area (Å²) in [5, 5.41) is 0.292. The molecule has 1 aromatic heterocycles. The molecule has 0 saturated heterocycles. The highest BCUT2D eigenvalue weighted by Gasteiger charge is 2.22. The SMILES string of the molecule is [2H]c1c([2H])c([2H])c(-c2c3c([2H])c([2H])c([2H])c([2H])c3c(-c3c([2H])c([2H])c([2H])c4oc5c6c([2H])c([2H])c([2H])c([2H])c6c([2H])c([2H])c5c34)c3c([2H])c([2H])c([2H])c([2H])c23)c([2H])c1[2H].[2H]c1c([2H])c([2H])c2c(-c3cccc4ccccc34)c3c([2H])c([2H])c([2H])c([2H])c3c(-c3ccc4ccccc4c3)c2c1[2H]. The van der Waals surface area contributed by atoms with Crippen LogP contribution in [0.1, 0.15) is 41.1 Å². The summed E-state index contributed by atoms with van der Waals surface area (Å²) in [6.45, 7) is 0. The maximum atomic E-state index is 9.36. The molecule has 0 radical (unpaired) electrons. The summed E-state index contributed by atoms with van der Waals surface area (Å²) in [5.74, 6) is 0. The van der Waals surface area contributed by atoms with Crippen molar-refractivity contribution >= 4 is 97.3 Å². The van der Waals surface area contributed by atoms with Gasteiger partial charge in [0.25, 0.3) is 0 Å². The zero-order valence-electron chi connectivity index (χ0n) is 66.5. The summed E-state index contributed by atoms with van der Waals surface area (Å²) in [6, 6.07) is 5.58. The van der Waals surface area contributed by atoms with E-state index in [0.717, 1.165) is 21.5 Å². The van der Waals surface area contributed by atoms with Gasteiger partial charge in [0.05, 0.1) is 41.1 Å². The Morgan fingerprint density at radius 2 is 0.775 bits per heavy atom. The fourth-order valence-corrected chi connectivity index (χ4v) is 9.63. The van der Waals surface area contributed by atoms with Crippen LogP contribution in [0.25, 0.3) is 142 Å². The first-order valence-electron chi connectivity index (χ1n) is 37.0. The lowest BCUT2D eigenvalue weighted by atomic mass is 9.84. The molecule has 15 aromatic rings. The predicted octanol–water partition coefficient (Wildman–Crippen LogP) is 20.0. The van der Waals surface area contributed by atoms with E-state index in [0.29, 0.717) is 22.3 Å². The standard InChI is InChI=1S/C36H22O.C34H22/c1-2-12-24(13-3-1)33-26-15-6-8-17-28(26)34(29-18-9-7-16-27(29)33)30-19-10-20-32-35(30)31-22-21-23-11-4-5-14-25(23)36(31)37-32;1-2-12-25-22-26(21-20-23(25)10-1)33-29-15-5-7-17-31(29)34(32-18-8-6-16-30(32)33)28-19-9-13-24-11-3-4-14-27(24)28/h1-22H;1-22H/i1D,2D,3D,4D,5D,6D,7D,8D,9D,10D,11D,12D,13D,14D,15D,16D,17D,18D,19D,20D,21D,22D;5D,6D,7D,8D,15D,16D,17D,18D. The first-order valence-corrected chi connectivity index (χ1v) is 22.0.